The van der Waals surface area contributed by atoms with Crippen molar-refractivity contribution in [2.24, 2.45) is 0 Å². The SMILES string of the molecule is CCOc1ccc([N+](=O)[O-])c(N2CCNCC2)c1. The summed E-state index contributed by atoms with van der Waals surface area (Å²) in [6, 6.07) is 4.92. The first-order valence-corrected chi connectivity index (χ1v) is 6.09. The number of hydrogen-bond acceptors (Lipinski definition) is 5. The topological polar surface area (TPSA) is 67.6 Å². The number of nitro benzene ring substituents is 1. The van der Waals surface area contributed by atoms with Crippen molar-refractivity contribution in [1.29, 1.82) is 0 Å². The Morgan fingerprint density at radius 1 is 1.44 bits per heavy atom. The number of benzene rings is 1. The number of ether oxygens (including phenoxy) is 1. The number of nitrogens with one attached hydrogen (secondary N) is 1. The van der Waals surface area contributed by atoms with E-state index in [1.165, 1.54) is 6.07 Å². The maximum atomic E-state index is 11.1. The summed E-state index contributed by atoms with van der Waals surface area (Å²) < 4.78 is 5.41. The number of nitrogens with zero attached hydrogens (tertiary/aromatic N) is 2. The van der Waals surface area contributed by atoms with Crippen LogP contribution < -0.4 is 15.0 Å². The van der Waals surface area contributed by atoms with Crippen LogP contribution in [0.5, 0.6) is 5.75 Å². The van der Waals surface area contributed by atoms with E-state index in [9.17, 15) is 10.1 Å². The van der Waals surface area contributed by atoms with Crippen molar-refractivity contribution in [3.05, 3.63) is 28.3 Å². The molecule has 0 aliphatic carbocycles. The lowest BCUT2D eigenvalue weighted by Crippen LogP contribution is -2.43. The highest BCUT2D eigenvalue weighted by Crippen LogP contribution is 2.32. The van der Waals surface area contributed by atoms with Gasteiger partial charge in [-0.3, -0.25) is 10.1 Å². The van der Waals surface area contributed by atoms with Crippen molar-refractivity contribution in [2.75, 3.05) is 37.7 Å². The van der Waals surface area contributed by atoms with Crippen LogP contribution in [0.1, 0.15) is 6.92 Å². The van der Waals surface area contributed by atoms with Crippen molar-refractivity contribution >= 4 is 11.4 Å². The van der Waals surface area contributed by atoms with Gasteiger partial charge in [-0.25, -0.2) is 0 Å². The van der Waals surface area contributed by atoms with Gasteiger partial charge in [-0.1, -0.05) is 0 Å². The maximum Gasteiger partial charge on any atom is 0.292 e. The Labute approximate surface area is 106 Å². The van der Waals surface area contributed by atoms with Crippen LogP contribution in [0, 0.1) is 10.1 Å². The zero-order valence-corrected chi connectivity index (χ0v) is 10.4. The zero-order chi connectivity index (χ0) is 13.0. The fourth-order valence-corrected chi connectivity index (χ4v) is 2.07. The Bertz CT molecular complexity index is 431. The molecular formula is C12H17N3O3. The highest BCUT2D eigenvalue weighted by Gasteiger charge is 2.21. The van der Waals surface area contributed by atoms with Gasteiger partial charge in [0.15, 0.2) is 0 Å². The molecule has 0 aromatic heterocycles. The molecule has 1 fully saturated rings. The first-order chi connectivity index (χ1) is 8.72. The number of nitro groups is 1. The van der Waals surface area contributed by atoms with Gasteiger partial charge in [-0.05, 0) is 13.0 Å². The Morgan fingerprint density at radius 2 is 2.17 bits per heavy atom. The molecular weight excluding hydrogens is 234 g/mol. The molecule has 0 amide bonds. The molecule has 0 saturated carbocycles. The van der Waals surface area contributed by atoms with Gasteiger partial charge in [0, 0.05) is 38.3 Å². The van der Waals surface area contributed by atoms with Gasteiger partial charge in [0.05, 0.1) is 11.5 Å². The molecule has 6 heteroatoms. The normalized spacial score (nSPS) is 15.5. The standard InChI is InChI=1S/C12H17N3O3/c1-2-18-10-3-4-11(15(16)17)12(9-10)14-7-5-13-6-8-14/h3-4,9,13H,2,5-8H2,1H3. The van der Waals surface area contributed by atoms with Crippen molar-refractivity contribution < 1.29 is 9.66 Å². The van der Waals surface area contributed by atoms with Gasteiger partial charge in [-0.15, -0.1) is 0 Å². The molecule has 18 heavy (non-hydrogen) atoms. The lowest BCUT2D eigenvalue weighted by Gasteiger charge is -2.29. The number of hydrogen-bond donors (Lipinski definition) is 1. The molecule has 1 saturated heterocycles. The van der Waals surface area contributed by atoms with E-state index in [1.807, 2.05) is 11.8 Å². The van der Waals surface area contributed by atoms with Gasteiger partial charge in [0.25, 0.3) is 5.69 Å². The second-order valence-electron chi connectivity index (χ2n) is 4.08. The Balaban J connectivity index is 2.33. The van der Waals surface area contributed by atoms with E-state index >= 15 is 0 Å². The minimum absolute atomic E-state index is 0.139. The summed E-state index contributed by atoms with van der Waals surface area (Å²) in [7, 11) is 0. The molecule has 1 heterocycles. The monoisotopic (exact) mass is 251 g/mol. The predicted molar refractivity (Wildman–Crippen MR) is 69.3 cm³/mol. The lowest BCUT2D eigenvalue weighted by atomic mass is 10.2. The molecule has 1 aromatic carbocycles. The van der Waals surface area contributed by atoms with E-state index in [2.05, 4.69) is 5.32 Å². The second kappa shape index (κ2) is 5.68. The molecule has 98 valence electrons. The summed E-state index contributed by atoms with van der Waals surface area (Å²) in [6.45, 7) is 5.68. The number of rotatable bonds is 4. The van der Waals surface area contributed by atoms with Gasteiger partial charge in [0.2, 0.25) is 0 Å². The van der Waals surface area contributed by atoms with Gasteiger partial charge < -0.3 is 15.0 Å². The Hall–Kier alpha value is -1.82. The fourth-order valence-electron chi connectivity index (χ4n) is 2.07. The third-order valence-corrected chi connectivity index (χ3v) is 2.91. The molecule has 0 radical (unpaired) electrons. The van der Waals surface area contributed by atoms with E-state index < -0.39 is 0 Å². The van der Waals surface area contributed by atoms with E-state index in [0.717, 1.165) is 26.2 Å². The summed E-state index contributed by atoms with van der Waals surface area (Å²) in [5.74, 6) is 0.677. The molecule has 1 aliphatic heterocycles. The summed E-state index contributed by atoms with van der Waals surface area (Å²) in [4.78, 5) is 12.7. The average Bonchev–Trinajstić information content (AvgIpc) is 2.40. The molecule has 0 unspecified atom stereocenters. The van der Waals surface area contributed by atoms with Crippen LogP contribution in [0.25, 0.3) is 0 Å². The minimum Gasteiger partial charge on any atom is -0.494 e. The lowest BCUT2D eigenvalue weighted by molar-refractivity contribution is -0.384. The predicted octanol–water partition coefficient (Wildman–Crippen LogP) is 1.40. The van der Waals surface area contributed by atoms with Crippen molar-refractivity contribution in [3.8, 4) is 5.75 Å². The maximum absolute atomic E-state index is 11.1. The third kappa shape index (κ3) is 2.70. The molecule has 1 aromatic rings. The Morgan fingerprint density at radius 3 is 2.78 bits per heavy atom. The van der Waals surface area contributed by atoms with Crippen LogP contribution in [-0.2, 0) is 0 Å². The molecule has 0 atom stereocenters. The van der Waals surface area contributed by atoms with Gasteiger partial charge in [0.1, 0.15) is 11.4 Å². The van der Waals surface area contributed by atoms with Gasteiger partial charge >= 0.3 is 0 Å². The highest BCUT2D eigenvalue weighted by atomic mass is 16.6. The molecule has 1 aliphatic rings. The second-order valence-corrected chi connectivity index (χ2v) is 4.08. The van der Waals surface area contributed by atoms with Crippen molar-refractivity contribution in [2.45, 2.75) is 6.92 Å². The third-order valence-electron chi connectivity index (χ3n) is 2.91. The van der Waals surface area contributed by atoms with Crippen molar-refractivity contribution in [3.63, 3.8) is 0 Å². The molecule has 0 spiro atoms. The minimum atomic E-state index is -0.340. The number of anilines is 1. The average molecular weight is 251 g/mol. The highest BCUT2D eigenvalue weighted by molar-refractivity contribution is 5.66. The zero-order valence-electron chi connectivity index (χ0n) is 10.4. The number of piperazine rings is 1. The summed E-state index contributed by atoms with van der Waals surface area (Å²) in [6.07, 6.45) is 0. The molecule has 0 bridgehead atoms. The first-order valence-electron chi connectivity index (χ1n) is 6.09. The fraction of sp³-hybridized carbons (Fsp3) is 0.500. The van der Waals surface area contributed by atoms with Crippen molar-refractivity contribution in [1.82, 2.24) is 5.32 Å². The molecule has 2 rings (SSSR count). The van der Waals surface area contributed by atoms with Crippen LogP contribution in [0.2, 0.25) is 0 Å². The van der Waals surface area contributed by atoms with E-state index in [1.54, 1.807) is 12.1 Å². The largest absolute Gasteiger partial charge is 0.494 e. The van der Waals surface area contributed by atoms with E-state index in [4.69, 9.17) is 4.74 Å². The van der Waals surface area contributed by atoms with E-state index in [-0.39, 0.29) is 10.6 Å². The smallest absolute Gasteiger partial charge is 0.292 e. The molecule has 1 N–H and O–H groups in total. The summed E-state index contributed by atoms with van der Waals surface area (Å²) >= 11 is 0. The van der Waals surface area contributed by atoms with Crippen LogP contribution in [-0.4, -0.2) is 37.7 Å². The summed E-state index contributed by atoms with van der Waals surface area (Å²) in [5, 5.41) is 14.3. The summed E-state index contributed by atoms with van der Waals surface area (Å²) in [5.41, 5.74) is 0.785. The van der Waals surface area contributed by atoms with Gasteiger partial charge in [-0.2, -0.15) is 0 Å². The quantitative estimate of drug-likeness (QED) is 0.647. The molecule has 6 nitrogen and oxygen atoms in total. The van der Waals surface area contributed by atoms with Crippen LogP contribution in [0.15, 0.2) is 18.2 Å². The van der Waals surface area contributed by atoms with Crippen LogP contribution in [0.4, 0.5) is 11.4 Å². The van der Waals surface area contributed by atoms with E-state index in [0.29, 0.717) is 18.0 Å². The van der Waals surface area contributed by atoms with Crippen LogP contribution >= 0.6 is 0 Å². The Kier molecular flexibility index (Phi) is 3.99. The van der Waals surface area contributed by atoms with Crippen LogP contribution in [0.3, 0.4) is 0 Å². The first kappa shape index (κ1) is 12.6.